The first kappa shape index (κ1) is 17.1. The van der Waals surface area contributed by atoms with Crippen molar-refractivity contribution in [3.05, 3.63) is 60.0 Å². The molecule has 8 heteroatoms. The van der Waals surface area contributed by atoms with Crippen LogP contribution in [0.2, 0.25) is 10.0 Å². The number of nitrogens with zero attached hydrogens (tertiary/aromatic N) is 3. The fourth-order valence-corrected chi connectivity index (χ4v) is 3.19. The van der Waals surface area contributed by atoms with Crippen LogP contribution in [0.15, 0.2) is 22.8 Å². The third-order valence-corrected chi connectivity index (χ3v) is 4.32. The van der Waals surface area contributed by atoms with Gasteiger partial charge in [-0.05, 0) is 27.4 Å². The van der Waals surface area contributed by atoms with Crippen molar-refractivity contribution in [1.29, 1.82) is 0 Å². The summed E-state index contributed by atoms with van der Waals surface area (Å²) in [6, 6.07) is 2.57. The molecule has 0 fully saturated rings. The molecule has 0 saturated carbocycles. The number of aromatic nitrogens is 2. The molecule has 0 amide bonds. The summed E-state index contributed by atoms with van der Waals surface area (Å²) in [7, 11) is 0. The highest BCUT2D eigenvalue weighted by Gasteiger charge is 2.17. The molecule has 2 aromatic rings. The van der Waals surface area contributed by atoms with Crippen LogP contribution in [0.25, 0.3) is 0 Å². The Kier molecular flexibility index (Phi) is 5.36. The number of halogens is 3. The Morgan fingerprint density at radius 3 is 2.41 bits per heavy atom. The van der Waals surface area contributed by atoms with Crippen molar-refractivity contribution in [1.82, 2.24) is 9.97 Å². The average molecular weight is 405 g/mol. The SMILES string of the molecule is CC(C)c1nc(Cc2c(Cl)cc([N+](=O)[O-])cc2Cl)ncc1Br. The number of rotatable bonds is 4. The second-order valence-corrected chi connectivity index (χ2v) is 6.66. The number of benzene rings is 1. The Bertz CT molecular complexity index is 715. The third-order valence-electron chi connectivity index (χ3n) is 3.04. The second kappa shape index (κ2) is 6.89. The van der Waals surface area contributed by atoms with E-state index in [0.717, 1.165) is 10.2 Å². The zero-order valence-corrected chi connectivity index (χ0v) is 14.9. The molecular formula is C14H12BrCl2N3O2. The zero-order chi connectivity index (χ0) is 16.4. The molecule has 22 heavy (non-hydrogen) atoms. The number of nitro groups is 1. The molecule has 5 nitrogen and oxygen atoms in total. The van der Waals surface area contributed by atoms with Crippen molar-refractivity contribution in [2.45, 2.75) is 26.2 Å². The summed E-state index contributed by atoms with van der Waals surface area (Å²) in [5.41, 5.74) is 1.32. The van der Waals surface area contributed by atoms with Crippen molar-refractivity contribution in [3.8, 4) is 0 Å². The van der Waals surface area contributed by atoms with E-state index in [9.17, 15) is 10.1 Å². The fraction of sp³-hybridized carbons (Fsp3) is 0.286. The van der Waals surface area contributed by atoms with Gasteiger partial charge < -0.3 is 0 Å². The van der Waals surface area contributed by atoms with Gasteiger partial charge >= 0.3 is 0 Å². The summed E-state index contributed by atoms with van der Waals surface area (Å²) in [4.78, 5) is 19.0. The van der Waals surface area contributed by atoms with E-state index in [1.54, 1.807) is 6.20 Å². The maximum atomic E-state index is 10.8. The lowest BCUT2D eigenvalue weighted by Crippen LogP contribution is -2.04. The summed E-state index contributed by atoms with van der Waals surface area (Å²) in [5.74, 6) is 0.795. The number of nitro benzene ring substituents is 1. The zero-order valence-electron chi connectivity index (χ0n) is 11.8. The summed E-state index contributed by atoms with van der Waals surface area (Å²) >= 11 is 15.6. The van der Waals surface area contributed by atoms with Crippen LogP contribution in [-0.2, 0) is 6.42 Å². The second-order valence-electron chi connectivity index (χ2n) is 5.00. The molecule has 1 heterocycles. The molecule has 1 aromatic heterocycles. The van der Waals surface area contributed by atoms with Gasteiger partial charge in [-0.3, -0.25) is 10.1 Å². The normalized spacial score (nSPS) is 11.0. The molecule has 0 aliphatic heterocycles. The van der Waals surface area contributed by atoms with Gasteiger partial charge in [-0.2, -0.15) is 0 Å². The number of hydrogen-bond donors (Lipinski definition) is 0. The number of non-ortho nitro benzene ring substituents is 1. The Morgan fingerprint density at radius 1 is 1.32 bits per heavy atom. The Labute approximate surface area is 146 Å². The molecule has 0 saturated heterocycles. The lowest BCUT2D eigenvalue weighted by Gasteiger charge is -2.10. The quantitative estimate of drug-likeness (QED) is 0.520. The van der Waals surface area contributed by atoms with E-state index in [2.05, 4.69) is 25.9 Å². The summed E-state index contributed by atoms with van der Waals surface area (Å²) in [5, 5.41) is 11.3. The molecule has 0 aliphatic rings. The van der Waals surface area contributed by atoms with Crippen LogP contribution < -0.4 is 0 Å². The minimum Gasteiger partial charge on any atom is -0.258 e. The average Bonchev–Trinajstić information content (AvgIpc) is 2.43. The molecular weight excluding hydrogens is 393 g/mol. The minimum atomic E-state index is -0.533. The van der Waals surface area contributed by atoms with Gasteiger partial charge in [-0.25, -0.2) is 9.97 Å². The van der Waals surface area contributed by atoms with Gasteiger partial charge in [0.25, 0.3) is 5.69 Å². The summed E-state index contributed by atoms with van der Waals surface area (Å²) in [6.07, 6.45) is 1.99. The van der Waals surface area contributed by atoms with Crippen LogP contribution in [0.1, 0.15) is 36.8 Å². The monoisotopic (exact) mass is 403 g/mol. The molecule has 0 N–H and O–H groups in total. The van der Waals surface area contributed by atoms with Gasteiger partial charge in [0.1, 0.15) is 5.82 Å². The number of hydrogen-bond acceptors (Lipinski definition) is 4. The Hall–Kier alpha value is -1.24. The maximum Gasteiger partial charge on any atom is 0.272 e. The van der Waals surface area contributed by atoms with Crippen LogP contribution in [0.3, 0.4) is 0 Å². The standard InChI is InChI=1S/C14H12BrCl2N3O2/c1-7(2)14-10(15)6-18-13(19-14)5-9-11(16)3-8(20(21)22)4-12(9)17/h3-4,6-7H,5H2,1-2H3. The van der Waals surface area contributed by atoms with Crippen LogP contribution in [0, 0.1) is 10.1 Å². The van der Waals surface area contributed by atoms with Crippen LogP contribution in [0.4, 0.5) is 5.69 Å². The van der Waals surface area contributed by atoms with E-state index in [1.807, 2.05) is 13.8 Å². The van der Waals surface area contributed by atoms with Gasteiger partial charge in [-0.15, -0.1) is 0 Å². The molecule has 0 unspecified atom stereocenters. The highest BCUT2D eigenvalue weighted by atomic mass is 79.9. The lowest BCUT2D eigenvalue weighted by molar-refractivity contribution is -0.384. The van der Waals surface area contributed by atoms with E-state index in [4.69, 9.17) is 23.2 Å². The maximum absolute atomic E-state index is 10.8. The highest BCUT2D eigenvalue weighted by Crippen LogP contribution is 2.32. The first-order chi connectivity index (χ1) is 10.3. The third kappa shape index (κ3) is 3.74. The predicted octanol–water partition coefficient (Wildman–Crippen LogP) is 5.17. The van der Waals surface area contributed by atoms with Crippen molar-refractivity contribution in [2.24, 2.45) is 0 Å². The van der Waals surface area contributed by atoms with Gasteiger partial charge in [-0.1, -0.05) is 37.0 Å². The largest absolute Gasteiger partial charge is 0.272 e. The summed E-state index contributed by atoms with van der Waals surface area (Å²) < 4.78 is 0.840. The molecule has 116 valence electrons. The van der Waals surface area contributed by atoms with Gasteiger partial charge in [0.05, 0.1) is 25.1 Å². The molecule has 1 aromatic carbocycles. The van der Waals surface area contributed by atoms with E-state index >= 15 is 0 Å². The van der Waals surface area contributed by atoms with Gasteiger partial charge in [0.2, 0.25) is 0 Å². The smallest absolute Gasteiger partial charge is 0.258 e. The van der Waals surface area contributed by atoms with E-state index in [0.29, 0.717) is 17.8 Å². The fourth-order valence-electron chi connectivity index (χ4n) is 1.93. The van der Waals surface area contributed by atoms with E-state index in [-0.39, 0.29) is 21.7 Å². The van der Waals surface area contributed by atoms with Crippen LogP contribution in [0.5, 0.6) is 0 Å². The molecule has 0 radical (unpaired) electrons. The van der Waals surface area contributed by atoms with E-state index < -0.39 is 4.92 Å². The lowest BCUT2D eigenvalue weighted by atomic mass is 10.1. The summed E-state index contributed by atoms with van der Waals surface area (Å²) in [6.45, 7) is 4.06. The van der Waals surface area contributed by atoms with E-state index in [1.165, 1.54) is 12.1 Å². The first-order valence-electron chi connectivity index (χ1n) is 6.43. The predicted molar refractivity (Wildman–Crippen MR) is 89.7 cm³/mol. The van der Waals surface area contributed by atoms with Crippen LogP contribution >= 0.6 is 39.1 Å². The molecule has 2 rings (SSSR count). The van der Waals surface area contributed by atoms with Crippen molar-refractivity contribution >= 4 is 44.8 Å². The Balaban J connectivity index is 2.39. The van der Waals surface area contributed by atoms with Crippen molar-refractivity contribution in [2.75, 3.05) is 0 Å². The van der Waals surface area contributed by atoms with Crippen molar-refractivity contribution < 1.29 is 4.92 Å². The Morgan fingerprint density at radius 2 is 1.91 bits per heavy atom. The molecule has 0 atom stereocenters. The van der Waals surface area contributed by atoms with Crippen LogP contribution in [-0.4, -0.2) is 14.9 Å². The first-order valence-corrected chi connectivity index (χ1v) is 7.98. The van der Waals surface area contributed by atoms with Gasteiger partial charge in [0, 0.05) is 24.8 Å². The highest BCUT2D eigenvalue weighted by molar-refractivity contribution is 9.10. The van der Waals surface area contributed by atoms with Gasteiger partial charge in [0.15, 0.2) is 0 Å². The topological polar surface area (TPSA) is 68.9 Å². The molecule has 0 spiro atoms. The van der Waals surface area contributed by atoms with Crippen molar-refractivity contribution in [3.63, 3.8) is 0 Å². The molecule has 0 bridgehead atoms. The molecule has 0 aliphatic carbocycles. The minimum absolute atomic E-state index is 0.140.